The van der Waals surface area contributed by atoms with Crippen LogP contribution in [0.3, 0.4) is 0 Å². The molecule has 0 aliphatic carbocycles. The quantitative estimate of drug-likeness (QED) is 0.880. The standard InChI is InChI=1S/C13H17BrN4/c1-8-5-9(14)7-10(6-8)18-11(13(2,3)4)12(15)16-17-18/h5-7H,15H2,1-4H3. The van der Waals surface area contributed by atoms with E-state index in [-0.39, 0.29) is 5.41 Å². The maximum Gasteiger partial charge on any atom is 0.170 e. The summed E-state index contributed by atoms with van der Waals surface area (Å²) in [5.74, 6) is 0.486. The molecule has 0 radical (unpaired) electrons. The average molecular weight is 309 g/mol. The molecule has 1 heterocycles. The number of aryl methyl sites for hydroxylation is 1. The summed E-state index contributed by atoms with van der Waals surface area (Å²) in [5.41, 5.74) is 8.89. The summed E-state index contributed by atoms with van der Waals surface area (Å²) >= 11 is 3.50. The van der Waals surface area contributed by atoms with Crippen LogP contribution in [0.15, 0.2) is 22.7 Å². The van der Waals surface area contributed by atoms with Gasteiger partial charge in [0.25, 0.3) is 0 Å². The summed E-state index contributed by atoms with van der Waals surface area (Å²) in [6, 6.07) is 6.13. The zero-order chi connectivity index (χ0) is 13.5. The lowest BCUT2D eigenvalue weighted by Crippen LogP contribution is -2.19. The van der Waals surface area contributed by atoms with E-state index in [1.807, 2.05) is 17.7 Å². The highest BCUT2D eigenvalue weighted by Crippen LogP contribution is 2.29. The van der Waals surface area contributed by atoms with E-state index in [9.17, 15) is 0 Å². The first-order valence-corrected chi connectivity index (χ1v) is 6.57. The van der Waals surface area contributed by atoms with E-state index < -0.39 is 0 Å². The minimum Gasteiger partial charge on any atom is -0.381 e. The number of hydrogen-bond donors (Lipinski definition) is 1. The molecule has 4 nitrogen and oxygen atoms in total. The lowest BCUT2D eigenvalue weighted by Gasteiger charge is -2.20. The van der Waals surface area contributed by atoms with Gasteiger partial charge in [-0.3, -0.25) is 0 Å². The van der Waals surface area contributed by atoms with Crippen molar-refractivity contribution in [3.63, 3.8) is 0 Å². The van der Waals surface area contributed by atoms with Crippen molar-refractivity contribution in [3.05, 3.63) is 33.9 Å². The highest BCUT2D eigenvalue weighted by atomic mass is 79.9. The summed E-state index contributed by atoms with van der Waals surface area (Å²) in [4.78, 5) is 0. The van der Waals surface area contributed by atoms with Crippen LogP contribution >= 0.6 is 15.9 Å². The third-order valence-electron chi connectivity index (χ3n) is 2.68. The first-order valence-electron chi connectivity index (χ1n) is 5.78. The molecule has 0 atom stereocenters. The number of rotatable bonds is 1. The molecule has 0 fully saturated rings. The molecule has 0 amide bonds. The van der Waals surface area contributed by atoms with Gasteiger partial charge in [-0.25, -0.2) is 4.68 Å². The van der Waals surface area contributed by atoms with Gasteiger partial charge < -0.3 is 5.73 Å². The molecule has 2 N–H and O–H groups in total. The van der Waals surface area contributed by atoms with E-state index in [1.165, 1.54) is 0 Å². The maximum absolute atomic E-state index is 5.93. The highest BCUT2D eigenvalue weighted by Gasteiger charge is 2.24. The zero-order valence-electron chi connectivity index (χ0n) is 11.0. The summed E-state index contributed by atoms with van der Waals surface area (Å²) < 4.78 is 2.83. The molecule has 0 spiro atoms. The maximum atomic E-state index is 5.93. The first kappa shape index (κ1) is 13.1. The fourth-order valence-electron chi connectivity index (χ4n) is 2.02. The van der Waals surface area contributed by atoms with Gasteiger partial charge in [0.05, 0.1) is 11.4 Å². The summed E-state index contributed by atoms with van der Waals surface area (Å²) in [6.07, 6.45) is 0. The van der Waals surface area contributed by atoms with Crippen molar-refractivity contribution in [1.29, 1.82) is 0 Å². The molecule has 0 saturated carbocycles. The predicted molar refractivity (Wildman–Crippen MR) is 76.9 cm³/mol. The number of anilines is 1. The Morgan fingerprint density at radius 3 is 2.44 bits per heavy atom. The summed E-state index contributed by atoms with van der Waals surface area (Å²) in [6.45, 7) is 8.35. The Morgan fingerprint density at radius 1 is 1.22 bits per heavy atom. The molecule has 18 heavy (non-hydrogen) atoms. The molecule has 0 saturated heterocycles. The number of nitrogen functional groups attached to an aromatic ring is 1. The van der Waals surface area contributed by atoms with E-state index in [4.69, 9.17) is 5.73 Å². The van der Waals surface area contributed by atoms with Gasteiger partial charge in [-0.2, -0.15) is 0 Å². The van der Waals surface area contributed by atoms with Crippen molar-refractivity contribution in [2.75, 3.05) is 5.73 Å². The molecule has 1 aromatic heterocycles. The third-order valence-corrected chi connectivity index (χ3v) is 3.14. The van der Waals surface area contributed by atoms with E-state index >= 15 is 0 Å². The lowest BCUT2D eigenvalue weighted by atomic mass is 9.91. The Hall–Kier alpha value is -1.36. The van der Waals surface area contributed by atoms with Crippen LogP contribution in [0.2, 0.25) is 0 Å². The molecule has 1 aromatic carbocycles. The fraction of sp³-hybridized carbons (Fsp3) is 0.385. The molecule has 0 unspecified atom stereocenters. The molecular formula is C13H17BrN4. The van der Waals surface area contributed by atoms with Crippen LogP contribution in [0.4, 0.5) is 5.82 Å². The van der Waals surface area contributed by atoms with E-state index in [2.05, 4.69) is 59.1 Å². The summed E-state index contributed by atoms with van der Waals surface area (Å²) in [7, 11) is 0. The molecule has 0 aliphatic rings. The zero-order valence-corrected chi connectivity index (χ0v) is 12.6. The van der Waals surface area contributed by atoms with Crippen LogP contribution in [0.5, 0.6) is 0 Å². The van der Waals surface area contributed by atoms with Crippen molar-refractivity contribution >= 4 is 21.7 Å². The van der Waals surface area contributed by atoms with Crippen molar-refractivity contribution in [2.45, 2.75) is 33.1 Å². The van der Waals surface area contributed by atoms with Crippen LogP contribution in [-0.4, -0.2) is 15.0 Å². The Kier molecular flexibility index (Phi) is 3.19. The van der Waals surface area contributed by atoms with E-state index in [0.29, 0.717) is 5.82 Å². The van der Waals surface area contributed by atoms with Crippen molar-refractivity contribution in [1.82, 2.24) is 15.0 Å². The van der Waals surface area contributed by atoms with Crippen molar-refractivity contribution in [2.24, 2.45) is 0 Å². The Labute approximate surface area is 115 Å². The van der Waals surface area contributed by atoms with Crippen LogP contribution in [0, 0.1) is 6.92 Å². The number of benzene rings is 1. The number of nitrogens with two attached hydrogens (primary N) is 1. The third kappa shape index (κ3) is 2.41. The van der Waals surface area contributed by atoms with Gasteiger partial charge in [-0.1, -0.05) is 41.9 Å². The molecule has 2 aromatic rings. The number of nitrogens with zero attached hydrogens (tertiary/aromatic N) is 3. The number of aromatic nitrogens is 3. The van der Waals surface area contributed by atoms with Gasteiger partial charge in [0.15, 0.2) is 5.82 Å². The Balaban J connectivity index is 2.65. The van der Waals surface area contributed by atoms with Gasteiger partial charge in [-0.15, -0.1) is 5.10 Å². The second-order valence-electron chi connectivity index (χ2n) is 5.47. The van der Waals surface area contributed by atoms with E-state index in [1.54, 1.807) is 0 Å². The topological polar surface area (TPSA) is 56.7 Å². The van der Waals surface area contributed by atoms with Gasteiger partial charge in [0.2, 0.25) is 0 Å². The van der Waals surface area contributed by atoms with Crippen LogP contribution in [0.25, 0.3) is 5.69 Å². The minimum atomic E-state index is -0.107. The number of hydrogen-bond acceptors (Lipinski definition) is 3. The molecule has 0 bridgehead atoms. The molecule has 2 rings (SSSR count). The highest BCUT2D eigenvalue weighted by molar-refractivity contribution is 9.10. The molecule has 5 heteroatoms. The van der Waals surface area contributed by atoms with Gasteiger partial charge in [0, 0.05) is 9.89 Å². The second kappa shape index (κ2) is 4.39. The SMILES string of the molecule is Cc1cc(Br)cc(-n2nnc(N)c2C(C)(C)C)c1. The van der Waals surface area contributed by atoms with Crippen LogP contribution in [0.1, 0.15) is 32.0 Å². The first-order chi connectivity index (χ1) is 8.29. The molecule has 0 aliphatic heterocycles. The van der Waals surface area contributed by atoms with Gasteiger partial charge in [0.1, 0.15) is 0 Å². The number of halogens is 1. The van der Waals surface area contributed by atoms with Gasteiger partial charge >= 0.3 is 0 Å². The normalized spacial score (nSPS) is 11.8. The van der Waals surface area contributed by atoms with Gasteiger partial charge in [-0.05, 0) is 30.7 Å². The monoisotopic (exact) mass is 308 g/mol. The van der Waals surface area contributed by atoms with Crippen molar-refractivity contribution < 1.29 is 0 Å². The Morgan fingerprint density at radius 2 is 1.89 bits per heavy atom. The minimum absolute atomic E-state index is 0.107. The second-order valence-corrected chi connectivity index (χ2v) is 6.39. The fourth-order valence-corrected chi connectivity index (χ4v) is 2.61. The predicted octanol–water partition coefficient (Wildman–Crippen LogP) is 3.22. The Bertz CT molecular complexity index is 561. The van der Waals surface area contributed by atoms with Crippen LogP contribution in [-0.2, 0) is 5.41 Å². The average Bonchev–Trinajstić information content (AvgIpc) is 2.57. The summed E-state index contributed by atoms with van der Waals surface area (Å²) in [5, 5.41) is 8.15. The largest absolute Gasteiger partial charge is 0.381 e. The smallest absolute Gasteiger partial charge is 0.170 e. The van der Waals surface area contributed by atoms with Crippen molar-refractivity contribution in [3.8, 4) is 5.69 Å². The van der Waals surface area contributed by atoms with Crippen LogP contribution < -0.4 is 5.73 Å². The van der Waals surface area contributed by atoms with E-state index in [0.717, 1.165) is 21.4 Å². The molecular weight excluding hydrogens is 292 g/mol. The molecule has 96 valence electrons. The lowest BCUT2D eigenvalue weighted by molar-refractivity contribution is 0.544.